The molecule has 1 atom stereocenters. The van der Waals surface area contributed by atoms with Gasteiger partial charge >= 0.3 is 0 Å². The van der Waals surface area contributed by atoms with Crippen LogP contribution >= 0.6 is 0 Å². The van der Waals surface area contributed by atoms with Gasteiger partial charge in [0, 0.05) is 61.1 Å². The van der Waals surface area contributed by atoms with Crippen LogP contribution < -0.4 is 5.32 Å². The Labute approximate surface area is 234 Å². The quantitative estimate of drug-likeness (QED) is 0.348. The van der Waals surface area contributed by atoms with E-state index in [9.17, 15) is 5.11 Å². The number of hydrogen-bond donors (Lipinski definition) is 2. The lowest BCUT2D eigenvalue weighted by Gasteiger charge is -2.27. The Morgan fingerprint density at radius 2 is 1.77 bits per heavy atom. The minimum atomic E-state index is -0.172. The molecule has 0 bridgehead atoms. The highest BCUT2D eigenvalue weighted by Crippen LogP contribution is 2.37. The predicted octanol–water partition coefficient (Wildman–Crippen LogP) is 6.09. The number of hydrogen-bond acceptors (Lipinski definition) is 6. The van der Waals surface area contributed by atoms with E-state index in [1.165, 1.54) is 36.2 Å². The molecule has 3 aromatic rings. The summed E-state index contributed by atoms with van der Waals surface area (Å²) in [4.78, 5) is 14.9. The van der Waals surface area contributed by atoms with Crippen LogP contribution in [0, 0.1) is 0 Å². The van der Waals surface area contributed by atoms with Gasteiger partial charge in [-0.3, -0.25) is 9.80 Å². The van der Waals surface area contributed by atoms with Crippen LogP contribution in [0.2, 0.25) is 0 Å². The van der Waals surface area contributed by atoms with E-state index in [0.29, 0.717) is 24.1 Å². The van der Waals surface area contributed by atoms with Gasteiger partial charge in [-0.25, -0.2) is 4.98 Å². The average molecular weight is 533 g/mol. The van der Waals surface area contributed by atoms with Crippen molar-refractivity contribution < 1.29 is 5.11 Å². The summed E-state index contributed by atoms with van der Waals surface area (Å²) in [7, 11) is 0. The first-order valence-electron chi connectivity index (χ1n) is 15.3. The molecular formula is C32H48N6O. The number of aliphatic hydroxyl groups excluding tert-OH is 1. The number of rotatable bonds is 9. The summed E-state index contributed by atoms with van der Waals surface area (Å²) < 4.78 is 2.36. The SMILES string of the molecule is CCC[C@H](C)Nc1ncc2c(-c3ccc(CN4CCCN(C(C)C)CC4)cc3)cn(C3CCC(O)CC3)c2n1. The van der Waals surface area contributed by atoms with E-state index < -0.39 is 0 Å². The molecule has 1 aliphatic carbocycles. The van der Waals surface area contributed by atoms with Gasteiger partial charge in [0.15, 0.2) is 0 Å². The first kappa shape index (κ1) is 28.1. The second-order valence-electron chi connectivity index (χ2n) is 12.1. The summed E-state index contributed by atoms with van der Waals surface area (Å²) in [5.41, 5.74) is 4.77. The first-order chi connectivity index (χ1) is 18.9. The van der Waals surface area contributed by atoms with E-state index in [4.69, 9.17) is 9.97 Å². The number of anilines is 1. The summed E-state index contributed by atoms with van der Waals surface area (Å²) in [5.74, 6) is 0.703. The number of nitrogens with one attached hydrogen (secondary N) is 1. The topological polar surface area (TPSA) is 69.5 Å². The Morgan fingerprint density at radius 1 is 1.00 bits per heavy atom. The number of fused-ring (bicyclic) bond motifs is 1. The fourth-order valence-electron chi connectivity index (χ4n) is 6.38. The average Bonchev–Trinajstić information content (AvgIpc) is 3.12. The van der Waals surface area contributed by atoms with Crippen molar-refractivity contribution in [3.8, 4) is 11.1 Å². The smallest absolute Gasteiger partial charge is 0.224 e. The molecule has 2 aliphatic rings. The van der Waals surface area contributed by atoms with Gasteiger partial charge < -0.3 is 15.0 Å². The molecule has 0 spiro atoms. The molecule has 7 nitrogen and oxygen atoms in total. The summed E-state index contributed by atoms with van der Waals surface area (Å²) in [5, 5.41) is 14.7. The molecule has 5 rings (SSSR count). The van der Waals surface area contributed by atoms with E-state index >= 15 is 0 Å². The zero-order valence-corrected chi connectivity index (χ0v) is 24.4. The van der Waals surface area contributed by atoms with Crippen LogP contribution in [0.25, 0.3) is 22.2 Å². The van der Waals surface area contributed by atoms with E-state index in [1.807, 2.05) is 6.20 Å². The second kappa shape index (κ2) is 12.8. The van der Waals surface area contributed by atoms with Crippen molar-refractivity contribution in [1.29, 1.82) is 0 Å². The van der Waals surface area contributed by atoms with Gasteiger partial charge in [-0.15, -0.1) is 0 Å². The van der Waals surface area contributed by atoms with Crippen LogP contribution in [0.5, 0.6) is 0 Å². The van der Waals surface area contributed by atoms with Crippen LogP contribution in [-0.4, -0.2) is 73.8 Å². The van der Waals surface area contributed by atoms with Crippen molar-refractivity contribution in [3.63, 3.8) is 0 Å². The predicted molar refractivity (Wildman–Crippen MR) is 161 cm³/mol. The van der Waals surface area contributed by atoms with Crippen molar-refractivity contribution in [2.45, 2.75) is 103 Å². The molecule has 1 aliphatic heterocycles. The molecule has 2 N–H and O–H groups in total. The molecule has 39 heavy (non-hydrogen) atoms. The maximum absolute atomic E-state index is 10.1. The summed E-state index contributed by atoms with van der Waals surface area (Å²) in [6.45, 7) is 14.7. The van der Waals surface area contributed by atoms with Crippen LogP contribution in [-0.2, 0) is 6.54 Å². The summed E-state index contributed by atoms with van der Waals surface area (Å²) >= 11 is 0. The lowest BCUT2D eigenvalue weighted by molar-refractivity contribution is 0.111. The first-order valence-corrected chi connectivity index (χ1v) is 15.3. The molecule has 2 aromatic heterocycles. The van der Waals surface area contributed by atoms with Crippen molar-refractivity contribution in [2.24, 2.45) is 0 Å². The number of benzene rings is 1. The summed E-state index contributed by atoms with van der Waals surface area (Å²) in [6.07, 6.45) is 11.2. The third-order valence-corrected chi connectivity index (χ3v) is 8.75. The highest BCUT2D eigenvalue weighted by Gasteiger charge is 2.24. The molecule has 1 saturated carbocycles. The van der Waals surface area contributed by atoms with Crippen molar-refractivity contribution in [3.05, 3.63) is 42.2 Å². The third-order valence-electron chi connectivity index (χ3n) is 8.75. The molecule has 1 aromatic carbocycles. The van der Waals surface area contributed by atoms with E-state index in [-0.39, 0.29) is 6.10 Å². The molecular weight excluding hydrogens is 484 g/mol. The minimum absolute atomic E-state index is 0.172. The van der Waals surface area contributed by atoms with Crippen molar-refractivity contribution >= 4 is 17.0 Å². The van der Waals surface area contributed by atoms with Gasteiger partial charge in [-0.1, -0.05) is 37.6 Å². The Bertz CT molecular complexity index is 1200. The van der Waals surface area contributed by atoms with E-state index in [1.54, 1.807) is 0 Å². The summed E-state index contributed by atoms with van der Waals surface area (Å²) in [6, 6.07) is 10.5. The molecule has 0 amide bonds. The Hall–Kier alpha value is -2.48. The molecule has 7 heteroatoms. The standard InChI is InChI=1S/C32H48N6O/c1-5-7-24(4)34-32-33-20-29-30(22-38(31(29)35-32)27-12-14-28(39)15-13-27)26-10-8-25(9-11-26)21-36-16-6-17-37(19-18-36)23(2)3/h8-11,20,22-24,27-28,39H,5-7,12-19,21H2,1-4H3,(H,33,34,35)/t24-,27?,28?/m0/s1. The molecule has 1 saturated heterocycles. The molecule has 212 valence electrons. The highest BCUT2D eigenvalue weighted by atomic mass is 16.3. The minimum Gasteiger partial charge on any atom is -0.393 e. The van der Waals surface area contributed by atoms with Gasteiger partial charge in [-0.2, -0.15) is 4.98 Å². The van der Waals surface area contributed by atoms with Gasteiger partial charge in [-0.05, 0) is 83.5 Å². The van der Waals surface area contributed by atoms with E-state index in [0.717, 1.165) is 69.2 Å². The third kappa shape index (κ3) is 6.82. The van der Waals surface area contributed by atoms with Gasteiger partial charge in [0.2, 0.25) is 5.95 Å². The maximum atomic E-state index is 10.1. The Kier molecular flexibility index (Phi) is 9.21. The maximum Gasteiger partial charge on any atom is 0.224 e. The fourth-order valence-corrected chi connectivity index (χ4v) is 6.38. The number of nitrogens with zero attached hydrogens (tertiary/aromatic N) is 5. The van der Waals surface area contributed by atoms with Crippen LogP contribution in [0.3, 0.4) is 0 Å². The fraction of sp³-hybridized carbons (Fsp3) is 0.625. The van der Waals surface area contributed by atoms with Crippen LogP contribution in [0.4, 0.5) is 5.95 Å². The molecule has 3 heterocycles. The lowest BCUT2D eigenvalue weighted by atomic mass is 9.93. The van der Waals surface area contributed by atoms with Crippen LogP contribution in [0.1, 0.15) is 84.2 Å². The largest absolute Gasteiger partial charge is 0.393 e. The van der Waals surface area contributed by atoms with Gasteiger partial charge in [0.1, 0.15) is 5.65 Å². The molecule has 2 fully saturated rings. The molecule has 0 radical (unpaired) electrons. The van der Waals surface area contributed by atoms with Gasteiger partial charge in [0.05, 0.1) is 6.10 Å². The Balaban J connectivity index is 1.38. The lowest BCUT2D eigenvalue weighted by Crippen LogP contribution is -2.34. The van der Waals surface area contributed by atoms with Crippen LogP contribution in [0.15, 0.2) is 36.7 Å². The number of aromatic nitrogens is 3. The normalized spacial score (nSPS) is 22.3. The number of aliphatic hydroxyl groups is 1. The monoisotopic (exact) mass is 532 g/mol. The molecule has 0 unspecified atom stereocenters. The second-order valence-corrected chi connectivity index (χ2v) is 12.1. The Morgan fingerprint density at radius 3 is 2.49 bits per heavy atom. The van der Waals surface area contributed by atoms with Crippen molar-refractivity contribution in [1.82, 2.24) is 24.3 Å². The zero-order chi connectivity index (χ0) is 27.4. The van der Waals surface area contributed by atoms with Gasteiger partial charge in [0.25, 0.3) is 0 Å². The highest BCUT2D eigenvalue weighted by molar-refractivity contribution is 5.94. The zero-order valence-electron chi connectivity index (χ0n) is 24.4. The van der Waals surface area contributed by atoms with E-state index in [2.05, 4.69) is 77.8 Å². The van der Waals surface area contributed by atoms with Crippen molar-refractivity contribution in [2.75, 3.05) is 31.5 Å².